The number of carboxylic acid groups (broad SMARTS) is 1. The normalized spacial score (nSPS) is 15.9. The lowest BCUT2D eigenvalue weighted by molar-refractivity contribution is -0.138. The van der Waals surface area contributed by atoms with Crippen molar-refractivity contribution in [1.29, 1.82) is 0 Å². The number of nitrogens with one attached hydrogen (secondary N) is 4. The van der Waals surface area contributed by atoms with E-state index < -0.39 is 57.8 Å². The molecule has 0 saturated carbocycles. The Morgan fingerprint density at radius 1 is 1.16 bits per heavy atom. The molecule has 0 saturated heterocycles. The number of carbonyl (C=O) groups is 2. The highest BCUT2D eigenvalue weighted by molar-refractivity contribution is 7.89. The van der Waals surface area contributed by atoms with Crippen molar-refractivity contribution in [3.63, 3.8) is 0 Å². The average molecular weight is 619 g/mol. The van der Waals surface area contributed by atoms with Crippen LogP contribution < -0.4 is 26.1 Å². The highest BCUT2D eigenvalue weighted by Gasteiger charge is 2.29. The standard InChI is InChI=1S/C28H32F2N6O6S/c1-14-8-15(2)25(16(3)9-14)43(41,42)35-20(27(39)40)13-33-26(38)21-11-22(37)17-10-19(29)18(23(30)24(17)36(21)4)12-34-28-31-6-5-7-32-28/h6,8-11,20,28,32,34-35H,5,7,12-13H2,1-4H3,(H,33,38)(H,39,40). The van der Waals surface area contributed by atoms with E-state index in [-0.39, 0.29) is 33.6 Å². The van der Waals surface area contributed by atoms with Gasteiger partial charge in [-0.3, -0.25) is 30.0 Å². The van der Waals surface area contributed by atoms with Gasteiger partial charge in [-0.15, -0.1) is 0 Å². The number of hydrogen-bond donors (Lipinski definition) is 5. The quantitative estimate of drug-likeness (QED) is 0.227. The molecule has 43 heavy (non-hydrogen) atoms. The molecule has 12 nitrogen and oxygen atoms in total. The van der Waals surface area contributed by atoms with Crippen LogP contribution in [0.15, 0.2) is 38.9 Å². The van der Waals surface area contributed by atoms with Gasteiger partial charge in [-0.25, -0.2) is 17.2 Å². The maximum atomic E-state index is 15.6. The van der Waals surface area contributed by atoms with Crippen LogP contribution >= 0.6 is 0 Å². The third-order valence-corrected chi connectivity index (χ3v) is 8.80. The van der Waals surface area contributed by atoms with Gasteiger partial charge in [-0.05, 0) is 44.4 Å². The highest BCUT2D eigenvalue weighted by atomic mass is 32.2. The van der Waals surface area contributed by atoms with Gasteiger partial charge in [0.1, 0.15) is 17.6 Å². The van der Waals surface area contributed by atoms with E-state index in [1.54, 1.807) is 39.1 Å². The number of amides is 1. The van der Waals surface area contributed by atoms with Gasteiger partial charge in [0.05, 0.1) is 15.8 Å². The Hall–Kier alpha value is -4.05. The molecule has 0 fully saturated rings. The SMILES string of the molecule is Cc1cc(C)c(S(=O)(=O)NC(CNC(=O)c2cc(=O)c3cc(F)c(CNC4N=CCCN4)c(F)c3n2C)C(=O)O)c(C)c1. The minimum absolute atomic E-state index is 0.0772. The Balaban J connectivity index is 1.59. The second kappa shape index (κ2) is 12.7. The molecule has 2 atom stereocenters. The first kappa shape index (κ1) is 31.9. The molecule has 0 aliphatic carbocycles. The molecule has 230 valence electrons. The van der Waals surface area contributed by atoms with Crippen LogP contribution in [0.5, 0.6) is 0 Å². The number of halogens is 2. The second-order valence-electron chi connectivity index (χ2n) is 10.3. The van der Waals surface area contributed by atoms with Crippen LogP contribution in [0.4, 0.5) is 8.78 Å². The van der Waals surface area contributed by atoms with Crippen molar-refractivity contribution >= 4 is 39.0 Å². The summed E-state index contributed by atoms with van der Waals surface area (Å²) in [7, 11) is -3.01. The number of hydrogen-bond acceptors (Lipinski definition) is 8. The van der Waals surface area contributed by atoms with E-state index in [1.807, 2.05) is 0 Å². The number of aromatic nitrogens is 1. The molecule has 1 aliphatic heterocycles. The van der Waals surface area contributed by atoms with Crippen molar-refractivity contribution in [1.82, 2.24) is 25.2 Å². The summed E-state index contributed by atoms with van der Waals surface area (Å²) in [6, 6.07) is 3.28. The highest BCUT2D eigenvalue weighted by Crippen LogP contribution is 2.24. The second-order valence-corrected chi connectivity index (χ2v) is 12.0. The number of aryl methyl sites for hydroxylation is 4. The minimum Gasteiger partial charge on any atom is -0.480 e. The van der Waals surface area contributed by atoms with E-state index in [2.05, 4.69) is 25.7 Å². The smallest absolute Gasteiger partial charge is 0.323 e. The summed E-state index contributed by atoms with van der Waals surface area (Å²) < 4.78 is 59.8. The van der Waals surface area contributed by atoms with Crippen molar-refractivity contribution in [2.75, 3.05) is 13.1 Å². The number of sulfonamides is 1. The molecule has 2 aromatic carbocycles. The Morgan fingerprint density at radius 3 is 2.44 bits per heavy atom. The van der Waals surface area contributed by atoms with Gasteiger partial charge in [0.25, 0.3) is 5.91 Å². The van der Waals surface area contributed by atoms with E-state index in [0.29, 0.717) is 17.7 Å². The van der Waals surface area contributed by atoms with Gasteiger partial charge in [-0.1, -0.05) is 17.7 Å². The fourth-order valence-electron chi connectivity index (χ4n) is 5.11. The molecule has 5 N–H and O–H groups in total. The number of nitrogens with zero attached hydrogens (tertiary/aromatic N) is 2. The average Bonchev–Trinajstić information content (AvgIpc) is 2.92. The topological polar surface area (TPSA) is 171 Å². The Labute approximate surface area is 246 Å². The lowest BCUT2D eigenvalue weighted by atomic mass is 10.1. The maximum Gasteiger partial charge on any atom is 0.323 e. The van der Waals surface area contributed by atoms with Gasteiger partial charge in [0.2, 0.25) is 10.0 Å². The summed E-state index contributed by atoms with van der Waals surface area (Å²) >= 11 is 0. The van der Waals surface area contributed by atoms with Crippen LogP contribution in [0.2, 0.25) is 0 Å². The summed E-state index contributed by atoms with van der Waals surface area (Å²) in [6.07, 6.45) is 1.84. The van der Waals surface area contributed by atoms with Crippen LogP contribution in [0.3, 0.4) is 0 Å². The lowest BCUT2D eigenvalue weighted by Crippen LogP contribution is -2.48. The fourth-order valence-corrected chi connectivity index (χ4v) is 6.75. The molecule has 1 amide bonds. The molecular formula is C28H32F2N6O6S. The van der Waals surface area contributed by atoms with Crippen molar-refractivity contribution < 1.29 is 31.9 Å². The number of carboxylic acids is 1. The molecule has 15 heteroatoms. The monoisotopic (exact) mass is 618 g/mol. The van der Waals surface area contributed by atoms with Gasteiger partial charge >= 0.3 is 5.97 Å². The summed E-state index contributed by atoms with van der Waals surface area (Å²) in [6.45, 7) is 4.63. The molecule has 1 aliphatic rings. The molecule has 1 aromatic heterocycles. The van der Waals surface area contributed by atoms with Crippen LogP contribution in [-0.4, -0.2) is 61.6 Å². The van der Waals surface area contributed by atoms with Gasteiger partial charge in [0.15, 0.2) is 17.5 Å². The van der Waals surface area contributed by atoms with Crippen molar-refractivity contribution in [3.8, 4) is 0 Å². The van der Waals surface area contributed by atoms with Crippen molar-refractivity contribution in [2.24, 2.45) is 12.0 Å². The molecule has 3 aromatic rings. The molecule has 2 heterocycles. The van der Waals surface area contributed by atoms with Crippen LogP contribution in [0.25, 0.3) is 10.9 Å². The molecule has 4 rings (SSSR count). The number of aliphatic carboxylic acids is 1. The van der Waals surface area contributed by atoms with E-state index in [0.717, 1.165) is 28.7 Å². The van der Waals surface area contributed by atoms with E-state index in [9.17, 15) is 32.3 Å². The molecule has 0 spiro atoms. The number of benzene rings is 2. The summed E-state index contributed by atoms with van der Waals surface area (Å²) in [5.74, 6) is -4.55. The molecule has 0 bridgehead atoms. The molecule has 0 radical (unpaired) electrons. The Kier molecular flexibility index (Phi) is 9.39. The van der Waals surface area contributed by atoms with Crippen LogP contribution in [0, 0.1) is 32.4 Å². The predicted octanol–water partition coefficient (Wildman–Crippen LogP) is 1.34. The molecular weight excluding hydrogens is 586 g/mol. The predicted molar refractivity (Wildman–Crippen MR) is 156 cm³/mol. The van der Waals surface area contributed by atoms with Gasteiger partial charge in [-0.2, -0.15) is 4.72 Å². The summed E-state index contributed by atoms with van der Waals surface area (Å²) in [5, 5.41) is 17.6. The number of pyridine rings is 1. The number of aliphatic imine (C=N–C) groups is 1. The van der Waals surface area contributed by atoms with Crippen molar-refractivity contribution in [2.45, 2.75) is 51.0 Å². The van der Waals surface area contributed by atoms with E-state index >= 15 is 4.39 Å². The summed E-state index contributed by atoms with van der Waals surface area (Å²) in [5.41, 5.74) is -0.232. The number of fused-ring (bicyclic) bond motifs is 1. The third kappa shape index (κ3) is 6.80. The lowest BCUT2D eigenvalue weighted by Gasteiger charge is -2.20. The van der Waals surface area contributed by atoms with Gasteiger partial charge < -0.3 is 15.0 Å². The summed E-state index contributed by atoms with van der Waals surface area (Å²) in [4.78, 5) is 41.9. The third-order valence-electron chi connectivity index (χ3n) is 7.02. The van der Waals surface area contributed by atoms with E-state index in [1.165, 1.54) is 7.05 Å². The zero-order chi connectivity index (χ0) is 31.6. The number of carbonyl (C=O) groups excluding carboxylic acids is 1. The first-order valence-electron chi connectivity index (χ1n) is 13.3. The Bertz CT molecular complexity index is 1780. The first-order valence-corrected chi connectivity index (χ1v) is 14.8. The number of rotatable bonds is 10. The van der Waals surface area contributed by atoms with E-state index in [4.69, 9.17) is 0 Å². The van der Waals surface area contributed by atoms with Crippen molar-refractivity contribution in [3.05, 3.63) is 74.1 Å². The van der Waals surface area contributed by atoms with Crippen LogP contribution in [-0.2, 0) is 28.4 Å². The minimum atomic E-state index is -4.31. The zero-order valence-corrected chi connectivity index (χ0v) is 24.7. The fraction of sp³-hybridized carbons (Fsp3) is 0.357. The van der Waals surface area contributed by atoms with Gasteiger partial charge in [0, 0.05) is 44.5 Å². The van der Waals surface area contributed by atoms with Crippen LogP contribution in [0.1, 0.15) is 39.2 Å². The molecule has 2 unspecified atom stereocenters. The Morgan fingerprint density at radius 2 is 1.84 bits per heavy atom. The zero-order valence-electron chi connectivity index (χ0n) is 23.9. The maximum absolute atomic E-state index is 15.6. The first-order chi connectivity index (χ1) is 20.2. The largest absolute Gasteiger partial charge is 0.480 e.